The Bertz CT molecular complexity index is 650. The fourth-order valence-electron chi connectivity index (χ4n) is 3.96. The molecule has 0 spiro atoms. The maximum absolute atomic E-state index is 11.8. The number of ether oxygens (including phenoxy) is 1. The molecule has 8 heteroatoms. The number of aromatic amines is 1. The normalized spacial score (nSPS) is 30.6. The van der Waals surface area contributed by atoms with Gasteiger partial charge >= 0.3 is 12.1 Å². The number of aliphatic carboxylic acids is 1. The quantitative estimate of drug-likeness (QED) is 0.850. The molecule has 2 N–H and O–H groups in total. The number of piperidine rings is 1. The summed E-state index contributed by atoms with van der Waals surface area (Å²) >= 11 is 0. The van der Waals surface area contributed by atoms with Crippen molar-refractivity contribution in [3.63, 3.8) is 0 Å². The average Bonchev–Trinajstić information content (AvgIpc) is 2.98. The van der Waals surface area contributed by atoms with Crippen molar-refractivity contribution in [2.75, 3.05) is 13.7 Å². The summed E-state index contributed by atoms with van der Waals surface area (Å²) in [7, 11) is 1.26. The van der Waals surface area contributed by atoms with Gasteiger partial charge in [0.2, 0.25) is 0 Å². The van der Waals surface area contributed by atoms with Crippen LogP contribution in [-0.2, 0) is 9.53 Å². The van der Waals surface area contributed by atoms with Crippen LogP contribution >= 0.6 is 0 Å². The summed E-state index contributed by atoms with van der Waals surface area (Å²) in [6.07, 6.45) is 2.30. The van der Waals surface area contributed by atoms with Gasteiger partial charge in [0.1, 0.15) is 11.8 Å². The lowest BCUT2D eigenvalue weighted by Crippen LogP contribution is -2.54. The van der Waals surface area contributed by atoms with Gasteiger partial charge < -0.3 is 14.4 Å². The highest BCUT2D eigenvalue weighted by atomic mass is 16.5. The van der Waals surface area contributed by atoms with Crippen molar-refractivity contribution in [2.45, 2.75) is 37.6 Å². The molecular weight excluding hydrogens is 304 g/mol. The fourth-order valence-corrected chi connectivity index (χ4v) is 3.96. The van der Waals surface area contributed by atoms with Gasteiger partial charge in [0.15, 0.2) is 0 Å². The van der Waals surface area contributed by atoms with Crippen LogP contribution in [0.15, 0.2) is 15.4 Å². The van der Waals surface area contributed by atoms with Crippen LogP contribution in [-0.4, -0.2) is 46.9 Å². The molecule has 1 aliphatic heterocycles. The molecule has 3 rings (SSSR count). The first-order valence-corrected chi connectivity index (χ1v) is 7.75. The third-order valence-electron chi connectivity index (χ3n) is 5.11. The zero-order valence-electron chi connectivity index (χ0n) is 12.9. The number of carbonyl (C=O) groups is 2. The summed E-state index contributed by atoms with van der Waals surface area (Å²) in [5.41, 5.74) is -0.258. The molecule has 1 saturated heterocycles. The summed E-state index contributed by atoms with van der Waals surface area (Å²) in [6.45, 7) is 0.401. The molecule has 1 aromatic heterocycles. The predicted octanol–water partition coefficient (Wildman–Crippen LogP) is 1.39. The van der Waals surface area contributed by atoms with Crippen LogP contribution in [0.4, 0.5) is 4.79 Å². The Balaban J connectivity index is 1.75. The number of carboxylic acids is 1. The molecule has 4 unspecified atom stereocenters. The maximum Gasteiger partial charge on any atom is 0.410 e. The van der Waals surface area contributed by atoms with Gasteiger partial charge in [0, 0.05) is 18.5 Å². The van der Waals surface area contributed by atoms with E-state index in [9.17, 15) is 19.5 Å². The number of nitrogens with zero attached hydrogens (tertiary/aromatic N) is 1. The van der Waals surface area contributed by atoms with E-state index in [2.05, 4.69) is 5.16 Å². The van der Waals surface area contributed by atoms with Gasteiger partial charge in [-0.2, -0.15) is 5.16 Å². The van der Waals surface area contributed by atoms with Crippen LogP contribution in [0.2, 0.25) is 0 Å². The average molecular weight is 324 g/mol. The molecule has 2 aliphatic rings. The Morgan fingerprint density at radius 2 is 2.13 bits per heavy atom. The smallest absolute Gasteiger partial charge is 0.410 e. The summed E-state index contributed by atoms with van der Waals surface area (Å²) in [5.74, 6) is 0.191. The number of aromatic nitrogens is 1. The Kier molecular flexibility index (Phi) is 4.14. The van der Waals surface area contributed by atoms with Crippen molar-refractivity contribution in [3.05, 3.63) is 22.2 Å². The number of carboxylic acid groups (broad SMARTS) is 1. The molecule has 4 atom stereocenters. The molecule has 0 radical (unpaired) electrons. The molecule has 1 aliphatic carbocycles. The van der Waals surface area contributed by atoms with Gasteiger partial charge in [-0.3, -0.25) is 9.69 Å². The third kappa shape index (κ3) is 2.97. The molecule has 2 heterocycles. The van der Waals surface area contributed by atoms with E-state index in [1.54, 1.807) is 0 Å². The lowest BCUT2D eigenvalue weighted by Gasteiger charge is -2.45. The highest BCUT2D eigenvalue weighted by molar-refractivity contribution is 5.80. The fraction of sp³-hybridized carbons (Fsp3) is 0.667. The zero-order valence-corrected chi connectivity index (χ0v) is 12.9. The molecule has 1 saturated carbocycles. The second-order valence-electron chi connectivity index (χ2n) is 6.36. The number of hydrogen-bond acceptors (Lipinski definition) is 5. The highest BCUT2D eigenvalue weighted by Gasteiger charge is 2.44. The molecule has 2 fully saturated rings. The Morgan fingerprint density at radius 1 is 1.35 bits per heavy atom. The van der Waals surface area contributed by atoms with Crippen molar-refractivity contribution < 1.29 is 24.0 Å². The molecule has 126 valence electrons. The van der Waals surface area contributed by atoms with Crippen LogP contribution < -0.4 is 5.56 Å². The van der Waals surface area contributed by atoms with Gasteiger partial charge in [0.25, 0.3) is 5.56 Å². The van der Waals surface area contributed by atoms with Gasteiger partial charge in [-0.25, -0.2) is 9.59 Å². The van der Waals surface area contributed by atoms with Crippen LogP contribution in [0.3, 0.4) is 0 Å². The molecule has 0 bridgehead atoms. The van der Waals surface area contributed by atoms with Crippen molar-refractivity contribution in [3.8, 4) is 0 Å². The predicted molar refractivity (Wildman–Crippen MR) is 78.1 cm³/mol. The van der Waals surface area contributed by atoms with Crippen LogP contribution in [0.25, 0.3) is 0 Å². The minimum atomic E-state index is -1.01. The number of amides is 1. The van der Waals surface area contributed by atoms with E-state index in [0.29, 0.717) is 18.7 Å². The lowest BCUT2D eigenvalue weighted by atomic mass is 9.68. The van der Waals surface area contributed by atoms with Crippen LogP contribution in [0.5, 0.6) is 0 Å². The highest BCUT2D eigenvalue weighted by Crippen LogP contribution is 2.44. The SMILES string of the molecule is COC(=O)N1CC2CCC(c3cc(=O)[nH]o3)CC2CC1C(=O)O. The first kappa shape index (κ1) is 15.6. The summed E-state index contributed by atoms with van der Waals surface area (Å²) in [4.78, 5) is 35.9. The van der Waals surface area contributed by atoms with Crippen molar-refractivity contribution in [1.82, 2.24) is 10.1 Å². The van der Waals surface area contributed by atoms with Crippen LogP contribution in [0, 0.1) is 11.8 Å². The van der Waals surface area contributed by atoms with Gasteiger partial charge in [-0.15, -0.1) is 0 Å². The molecule has 8 nitrogen and oxygen atoms in total. The Hall–Kier alpha value is -2.25. The third-order valence-corrected chi connectivity index (χ3v) is 5.11. The second-order valence-corrected chi connectivity index (χ2v) is 6.36. The molecular formula is C15H20N2O6. The van der Waals surface area contributed by atoms with Gasteiger partial charge in [0.05, 0.1) is 7.11 Å². The minimum absolute atomic E-state index is 0.120. The van der Waals surface area contributed by atoms with Gasteiger partial charge in [-0.1, -0.05) is 0 Å². The summed E-state index contributed by atoms with van der Waals surface area (Å²) in [6, 6.07) is 0.601. The van der Waals surface area contributed by atoms with E-state index in [1.165, 1.54) is 18.1 Å². The number of likely N-dealkylation sites (tertiary alicyclic amines) is 1. The Labute approximate surface area is 132 Å². The number of nitrogens with one attached hydrogen (secondary N) is 1. The van der Waals surface area contributed by atoms with Crippen molar-refractivity contribution >= 4 is 12.1 Å². The van der Waals surface area contributed by atoms with E-state index < -0.39 is 18.1 Å². The molecule has 0 aromatic carbocycles. The monoisotopic (exact) mass is 324 g/mol. The minimum Gasteiger partial charge on any atom is -0.480 e. The first-order valence-electron chi connectivity index (χ1n) is 7.75. The van der Waals surface area contributed by atoms with Crippen LogP contribution in [0.1, 0.15) is 37.4 Å². The topological polar surface area (TPSA) is 113 Å². The number of methoxy groups -OCH3 is 1. The van der Waals surface area contributed by atoms with Crippen molar-refractivity contribution in [1.29, 1.82) is 0 Å². The van der Waals surface area contributed by atoms with Gasteiger partial charge in [-0.05, 0) is 37.5 Å². The molecule has 1 aromatic rings. The molecule has 23 heavy (non-hydrogen) atoms. The number of rotatable bonds is 2. The zero-order chi connectivity index (χ0) is 16.6. The summed E-state index contributed by atoms with van der Waals surface area (Å²) in [5, 5.41) is 11.7. The van der Waals surface area contributed by atoms with Crippen molar-refractivity contribution in [2.24, 2.45) is 11.8 Å². The number of carbonyl (C=O) groups excluding carboxylic acids is 1. The van der Waals surface area contributed by atoms with E-state index >= 15 is 0 Å². The number of H-pyrrole nitrogens is 1. The standard InChI is InChI=1S/C15H20N2O6/c1-22-15(21)17-7-9-3-2-8(12-6-13(18)16-23-12)4-10(9)5-11(17)14(19)20/h6,8-11H,2-5,7H2,1H3,(H,16,18)(H,19,20). The van der Waals surface area contributed by atoms with E-state index in [4.69, 9.17) is 9.26 Å². The summed E-state index contributed by atoms with van der Waals surface area (Å²) < 4.78 is 9.91. The lowest BCUT2D eigenvalue weighted by molar-refractivity contribution is -0.146. The number of fused-ring (bicyclic) bond motifs is 1. The van der Waals surface area contributed by atoms with E-state index in [1.807, 2.05) is 0 Å². The Morgan fingerprint density at radius 3 is 2.74 bits per heavy atom. The van der Waals surface area contributed by atoms with E-state index in [-0.39, 0.29) is 23.3 Å². The largest absolute Gasteiger partial charge is 0.480 e. The molecule has 1 amide bonds. The van der Waals surface area contributed by atoms with E-state index in [0.717, 1.165) is 19.3 Å². The number of hydrogen-bond donors (Lipinski definition) is 2. The second kappa shape index (κ2) is 6.10. The first-order chi connectivity index (χ1) is 11.0. The maximum atomic E-state index is 11.8.